The van der Waals surface area contributed by atoms with Gasteiger partial charge in [0.25, 0.3) is 0 Å². The molecule has 1 rings (SSSR count). The van der Waals surface area contributed by atoms with Gasteiger partial charge in [-0.1, -0.05) is 46.0 Å². The summed E-state index contributed by atoms with van der Waals surface area (Å²) in [5, 5.41) is -7.95. The fourth-order valence-corrected chi connectivity index (χ4v) is 6.96. The maximum Gasteiger partial charge on any atom is 0.460 e. The lowest BCUT2D eigenvalue weighted by Crippen LogP contribution is -2.75. The molecule has 0 bridgehead atoms. The fourth-order valence-electron chi connectivity index (χ4n) is 3.99. The summed E-state index contributed by atoms with van der Waals surface area (Å²) in [5.41, 5.74) is 0. The molecular weight excluding hydrogens is 739 g/mol. The molecule has 0 radical (unpaired) electrons. The topological polar surface area (TPSA) is 74.3 Å². The Hall–Kier alpha value is -1.26. The van der Waals surface area contributed by atoms with Gasteiger partial charge in [0, 0.05) is 5.92 Å². The molecule has 1 saturated carbocycles. The highest BCUT2D eigenvalue weighted by atomic mass is 32.2. The Bertz CT molecular complexity index is 1110. The number of halogens is 17. The first-order valence-electron chi connectivity index (χ1n) is 13.6. The first-order valence-corrected chi connectivity index (χ1v) is 16.8. The average Bonchev–Trinajstić information content (AvgIpc) is 2.93. The molecular formula is C24H31F17O4S2. The van der Waals surface area contributed by atoms with Crippen LogP contribution in [-0.4, -0.2) is 83.0 Å². The smallest absolute Gasteiger partial charge is 0.460 e. The monoisotopic (exact) mass is 770 g/mol. The molecule has 0 aliphatic heterocycles. The highest BCUT2D eigenvalue weighted by Gasteiger charge is 2.95. The van der Waals surface area contributed by atoms with Crippen LogP contribution in [0.1, 0.15) is 71.6 Å². The summed E-state index contributed by atoms with van der Waals surface area (Å²) in [6.07, 6.45) is 3.55. The zero-order chi connectivity index (χ0) is 37.7. The minimum absolute atomic E-state index is 0.394. The molecule has 0 aromatic carbocycles. The minimum Gasteiger partial charge on any atom is -0.743 e. The third-order valence-corrected chi connectivity index (χ3v) is 10.3. The van der Waals surface area contributed by atoms with Gasteiger partial charge in [0.2, 0.25) is 0 Å². The van der Waals surface area contributed by atoms with E-state index in [1.54, 1.807) is 0 Å². The molecule has 0 aromatic heterocycles. The third kappa shape index (κ3) is 9.11. The zero-order valence-electron chi connectivity index (χ0n) is 24.4. The Kier molecular flexibility index (Phi) is 15.3. The molecule has 23 heteroatoms. The SMILES string of the molecule is CCCC[S+](CCCC)CC(=O)C1CCCCC1.O=S(=O)([O-])C(F)(F)C(F)(F)C(F)(F)C(F)(F)C(F)(F)C(F)(F)C(F)(F)C(F)(F)F. The van der Waals surface area contributed by atoms with Crippen LogP contribution in [-0.2, 0) is 25.8 Å². The lowest BCUT2D eigenvalue weighted by atomic mass is 9.87. The van der Waals surface area contributed by atoms with Crippen LogP contribution in [0.4, 0.5) is 74.6 Å². The number of rotatable bonds is 16. The minimum atomic E-state index is -8.92. The molecule has 0 heterocycles. The van der Waals surface area contributed by atoms with Crippen molar-refractivity contribution in [2.75, 3.05) is 17.3 Å². The highest BCUT2D eigenvalue weighted by Crippen LogP contribution is 2.64. The molecule has 0 amide bonds. The van der Waals surface area contributed by atoms with Gasteiger partial charge < -0.3 is 4.55 Å². The van der Waals surface area contributed by atoms with E-state index in [1.165, 1.54) is 69.3 Å². The normalized spacial score (nSPS) is 17.0. The Labute approximate surface area is 261 Å². The number of alkyl halides is 17. The molecule has 1 aliphatic carbocycles. The van der Waals surface area contributed by atoms with Crippen LogP contribution in [0.5, 0.6) is 0 Å². The van der Waals surface area contributed by atoms with E-state index < -0.39 is 57.1 Å². The van der Waals surface area contributed by atoms with E-state index in [4.69, 9.17) is 0 Å². The Morgan fingerprint density at radius 3 is 1.28 bits per heavy atom. The van der Waals surface area contributed by atoms with Crippen LogP contribution in [0.15, 0.2) is 0 Å². The summed E-state index contributed by atoms with van der Waals surface area (Å²) in [4.78, 5) is 12.3. The number of carbonyl (C=O) groups excluding carboxylic acids is 1. The molecule has 0 unspecified atom stereocenters. The second kappa shape index (κ2) is 15.7. The van der Waals surface area contributed by atoms with E-state index in [9.17, 15) is 92.4 Å². The Balaban J connectivity index is 0.00000100. The lowest BCUT2D eigenvalue weighted by molar-refractivity contribution is -0.458. The fraction of sp³-hybridized carbons (Fsp3) is 0.958. The molecule has 1 aliphatic rings. The van der Waals surface area contributed by atoms with Crippen molar-refractivity contribution in [2.45, 2.75) is 119 Å². The average molecular weight is 771 g/mol. The van der Waals surface area contributed by atoms with Crippen LogP contribution in [0.3, 0.4) is 0 Å². The third-order valence-electron chi connectivity index (χ3n) is 6.99. The maximum absolute atomic E-state index is 13.0. The van der Waals surface area contributed by atoms with Crippen LogP contribution < -0.4 is 0 Å². The van der Waals surface area contributed by atoms with Gasteiger partial charge in [0.15, 0.2) is 21.7 Å². The standard InChI is InChI=1S/C16H31OS.C8HF17O3S/c1-3-5-12-18(13-6-4-2)14-16(17)15-10-8-7-9-11-15;9-1(10,3(13,14)5(17,18)7(21,22)23)2(11,12)4(15,16)6(19,20)8(24,25)29(26,27)28/h15H,3-14H2,1-2H3;(H,26,27,28)/q+1;/p-1. The van der Waals surface area contributed by atoms with Crippen LogP contribution in [0, 0.1) is 5.92 Å². The predicted octanol–water partition coefficient (Wildman–Crippen LogP) is 8.85. The van der Waals surface area contributed by atoms with E-state index in [1.807, 2.05) is 0 Å². The van der Waals surface area contributed by atoms with Crippen molar-refractivity contribution in [1.29, 1.82) is 0 Å². The largest absolute Gasteiger partial charge is 0.743 e. The predicted molar refractivity (Wildman–Crippen MR) is 134 cm³/mol. The molecule has 1 fully saturated rings. The van der Waals surface area contributed by atoms with Crippen molar-refractivity contribution in [3.8, 4) is 0 Å². The van der Waals surface area contributed by atoms with E-state index >= 15 is 0 Å². The molecule has 0 N–H and O–H groups in total. The van der Waals surface area contributed by atoms with Gasteiger partial charge in [-0.2, -0.15) is 74.6 Å². The Morgan fingerprint density at radius 2 is 0.957 bits per heavy atom. The molecule has 0 spiro atoms. The molecule has 4 nitrogen and oxygen atoms in total. The van der Waals surface area contributed by atoms with Gasteiger partial charge in [0.05, 0.1) is 0 Å². The van der Waals surface area contributed by atoms with Crippen molar-refractivity contribution in [2.24, 2.45) is 5.92 Å². The number of carbonyl (C=O) groups is 1. The number of ketones is 1. The van der Waals surface area contributed by atoms with E-state index in [2.05, 4.69) is 13.8 Å². The van der Waals surface area contributed by atoms with Crippen molar-refractivity contribution < 1.29 is 92.4 Å². The highest BCUT2D eigenvalue weighted by molar-refractivity contribution is 7.97. The van der Waals surface area contributed by atoms with Crippen LogP contribution >= 0.6 is 0 Å². The number of hydrogen-bond donors (Lipinski definition) is 0. The molecule has 0 atom stereocenters. The summed E-state index contributed by atoms with van der Waals surface area (Å²) >= 11 is 0. The van der Waals surface area contributed by atoms with Crippen LogP contribution in [0.25, 0.3) is 0 Å². The maximum atomic E-state index is 13.0. The summed E-state index contributed by atoms with van der Waals surface area (Å²) in [7, 11) is -7.75. The zero-order valence-corrected chi connectivity index (χ0v) is 26.1. The van der Waals surface area contributed by atoms with Gasteiger partial charge in [-0.25, -0.2) is 8.42 Å². The quantitative estimate of drug-likeness (QED) is 0.0894. The second-order valence-electron chi connectivity index (χ2n) is 10.6. The molecule has 0 saturated heterocycles. The number of hydrogen-bond acceptors (Lipinski definition) is 4. The summed E-state index contributed by atoms with van der Waals surface area (Å²) in [6, 6.07) is 0. The molecule has 282 valence electrons. The van der Waals surface area contributed by atoms with Gasteiger partial charge in [0.1, 0.15) is 11.5 Å². The van der Waals surface area contributed by atoms with Gasteiger partial charge >= 0.3 is 47.0 Å². The first-order chi connectivity index (χ1) is 20.8. The van der Waals surface area contributed by atoms with Gasteiger partial charge in [-0.3, -0.25) is 4.79 Å². The molecule has 0 aromatic rings. The first kappa shape index (κ1) is 45.7. The van der Waals surface area contributed by atoms with Crippen molar-refractivity contribution in [3.05, 3.63) is 0 Å². The van der Waals surface area contributed by atoms with Crippen molar-refractivity contribution in [1.82, 2.24) is 0 Å². The summed E-state index contributed by atoms with van der Waals surface area (Å²) in [6.45, 7) is 4.51. The van der Waals surface area contributed by atoms with E-state index in [0.29, 0.717) is 22.6 Å². The van der Waals surface area contributed by atoms with Gasteiger partial charge in [-0.15, -0.1) is 0 Å². The van der Waals surface area contributed by atoms with Crippen LogP contribution in [0.2, 0.25) is 0 Å². The summed E-state index contributed by atoms with van der Waals surface area (Å²) in [5.74, 6) is -47.6. The van der Waals surface area contributed by atoms with Crippen molar-refractivity contribution >= 4 is 26.8 Å². The van der Waals surface area contributed by atoms with Crippen molar-refractivity contribution in [3.63, 3.8) is 0 Å². The number of unbranched alkanes of at least 4 members (excludes halogenated alkanes) is 2. The second-order valence-corrected chi connectivity index (χ2v) is 14.3. The Morgan fingerprint density at radius 1 is 0.617 bits per heavy atom. The lowest BCUT2D eigenvalue weighted by Gasteiger charge is -2.42. The summed E-state index contributed by atoms with van der Waals surface area (Å²) < 4.78 is 244. The van der Waals surface area contributed by atoms with E-state index in [0.717, 1.165) is 5.75 Å². The van der Waals surface area contributed by atoms with E-state index in [-0.39, 0.29) is 0 Å². The van der Waals surface area contributed by atoms with Gasteiger partial charge in [-0.05, 0) is 36.6 Å². The molecule has 47 heavy (non-hydrogen) atoms. The number of Topliss-reactive ketones (excluding diaryl/α,β-unsaturated/α-hetero) is 1.